The summed E-state index contributed by atoms with van der Waals surface area (Å²) in [6.07, 6.45) is -4.95. The lowest BCUT2D eigenvalue weighted by atomic mass is 9.95. The molecule has 180 valence electrons. The zero-order valence-corrected chi connectivity index (χ0v) is 18.8. The van der Waals surface area contributed by atoms with Gasteiger partial charge in [0.25, 0.3) is 11.7 Å². The SMILES string of the molecule is COc1ccc(/C(O)=C2\C(=O)C(=O)N(c3cccc(OC(F)(F)F)c3)C2c2ccccc2)cc1Cl. The van der Waals surface area contributed by atoms with Gasteiger partial charge in [-0.3, -0.25) is 14.5 Å². The predicted molar refractivity (Wildman–Crippen MR) is 122 cm³/mol. The Hall–Kier alpha value is -3.98. The largest absolute Gasteiger partial charge is 0.573 e. The number of carbonyl (C=O) groups is 2. The third kappa shape index (κ3) is 4.81. The number of hydrogen-bond donors (Lipinski definition) is 1. The van der Waals surface area contributed by atoms with Crippen LogP contribution in [0.5, 0.6) is 11.5 Å². The molecule has 1 aliphatic rings. The van der Waals surface area contributed by atoms with Crippen molar-refractivity contribution >= 4 is 34.7 Å². The van der Waals surface area contributed by atoms with Crippen LogP contribution >= 0.6 is 11.6 Å². The van der Waals surface area contributed by atoms with Crippen molar-refractivity contribution in [3.63, 3.8) is 0 Å². The van der Waals surface area contributed by atoms with Gasteiger partial charge in [-0.25, -0.2) is 0 Å². The van der Waals surface area contributed by atoms with Crippen LogP contribution in [-0.2, 0) is 9.59 Å². The zero-order valence-electron chi connectivity index (χ0n) is 18.0. The number of Topliss-reactive ketones (excluding diaryl/α,β-unsaturated/α-hetero) is 1. The van der Waals surface area contributed by atoms with E-state index in [9.17, 15) is 27.9 Å². The van der Waals surface area contributed by atoms with Crippen molar-refractivity contribution in [2.45, 2.75) is 12.4 Å². The first-order valence-corrected chi connectivity index (χ1v) is 10.5. The van der Waals surface area contributed by atoms with Gasteiger partial charge in [-0.2, -0.15) is 0 Å². The van der Waals surface area contributed by atoms with E-state index in [0.29, 0.717) is 11.3 Å². The molecule has 0 radical (unpaired) electrons. The van der Waals surface area contributed by atoms with Gasteiger partial charge < -0.3 is 14.6 Å². The number of hydrogen-bond acceptors (Lipinski definition) is 5. The number of anilines is 1. The van der Waals surface area contributed by atoms with Crippen LogP contribution < -0.4 is 14.4 Å². The maximum atomic E-state index is 13.1. The second-order valence-electron chi connectivity index (χ2n) is 7.47. The number of methoxy groups -OCH3 is 1. The third-order valence-corrected chi connectivity index (χ3v) is 5.61. The van der Waals surface area contributed by atoms with Crippen LogP contribution in [0.15, 0.2) is 78.4 Å². The van der Waals surface area contributed by atoms with E-state index >= 15 is 0 Å². The highest BCUT2D eigenvalue weighted by Gasteiger charge is 2.47. The number of halogens is 4. The minimum Gasteiger partial charge on any atom is -0.507 e. The lowest BCUT2D eigenvalue weighted by molar-refractivity contribution is -0.274. The average molecular weight is 504 g/mol. The number of rotatable bonds is 5. The van der Waals surface area contributed by atoms with E-state index in [0.717, 1.165) is 17.0 Å². The van der Waals surface area contributed by atoms with Crippen LogP contribution in [-0.4, -0.2) is 30.3 Å². The molecule has 10 heteroatoms. The molecule has 3 aromatic carbocycles. The van der Waals surface area contributed by atoms with E-state index in [1.165, 1.54) is 37.4 Å². The quantitative estimate of drug-likeness (QED) is 0.267. The number of ether oxygens (including phenoxy) is 2. The molecule has 1 heterocycles. The predicted octanol–water partition coefficient (Wildman–Crippen LogP) is 5.87. The van der Waals surface area contributed by atoms with Crippen molar-refractivity contribution in [1.82, 2.24) is 0 Å². The minimum atomic E-state index is -4.95. The van der Waals surface area contributed by atoms with Crippen LogP contribution in [0, 0.1) is 0 Å². The number of amides is 1. The number of nitrogens with zero attached hydrogens (tertiary/aromatic N) is 1. The summed E-state index contributed by atoms with van der Waals surface area (Å²) in [7, 11) is 1.41. The fourth-order valence-corrected chi connectivity index (χ4v) is 4.11. The Morgan fingerprint density at radius 2 is 1.71 bits per heavy atom. The van der Waals surface area contributed by atoms with E-state index in [1.807, 2.05) is 0 Å². The molecule has 1 saturated heterocycles. The molecule has 35 heavy (non-hydrogen) atoms. The van der Waals surface area contributed by atoms with Gasteiger partial charge in [0.15, 0.2) is 0 Å². The van der Waals surface area contributed by atoms with E-state index in [-0.39, 0.29) is 21.8 Å². The van der Waals surface area contributed by atoms with E-state index < -0.39 is 35.6 Å². The summed E-state index contributed by atoms with van der Waals surface area (Å²) in [4.78, 5) is 27.3. The molecule has 0 aromatic heterocycles. The summed E-state index contributed by atoms with van der Waals surface area (Å²) < 4.78 is 47.3. The first-order valence-electron chi connectivity index (χ1n) is 10.2. The van der Waals surface area contributed by atoms with Crippen LogP contribution in [0.1, 0.15) is 17.2 Å². The number of benzene rings is 3. The van der Waals surface area contributed by atoms with Gasteiger partial charge in [0.05, 0.1) is 23.7 Å². The van der Waals surface area contributed by atoms with Gasteiger partial charge in [0, 0.05) is 17.3 Å². The second-order valence-corrected chi connectivity index (χ2v) is 7.88. The Balaban J connectivity index is 1.89. The maximum Gasteiger partial charge on any atom is 0.573 e. The lowest BCUT2D eigenvalue weighted by Gasteiger charge is -2.26. The number of aliphatic hydroxyl groups excluding tert-OH is 1. The van der Waals surface area contributed by atoms with Gasteiger partial charge in [-0.05, 0) is 35.9 Å². The highest BCUT2D eigenvalue weighted by Crippen LogP contribution is 2.43. The third-order valence-electron chi connectivity index (χ3n) is 5.31. The monoisotopic (exact) mass is 503 g/mol. The fourth-order valence-electron chi connectivity index (χ4n) is 3.85. The van der Waals surface area contributed by atoms with Crippen LogP contribution in [0.2, 0.25) is 5.02 Å². The maximum absolute atomic E-state index is 13.1. The van der Waals surface area contributed by atoms with Crippen LogP contribution in [0.4, 0.5) is 18.9 Å². The number of alkyl halides is 3. The first-order chi connectivity index (χ1) is 16.6. The van der Waals surface area contributed by atoms with Crippen LogP contribution in [0.3, 0.4) is 0 Å². The fraction of sp³-hybridized carbons (Fsp3) is 0.120. The lowest BCUT2D eigenvalue weighted by Crippen LogP contribution is -2.29. The summed E-state index contributed by atoms with van der Waals surface area (Å²) in [5, 5.41) is 11.3. The Kier molecular flexibility index (Phi) is 6.45. The molecule has 6 nitrogen and oxygen atoms in total. The molecule has 1 unspecified atom stereocenters. The van der Waals surface area contributed by atoms with Crippen molar-refractivity contribution in [1.29, 1.82) is 0 Å². The van der Waals surface area contributed by atoms with Gasteiger partial charge in [-0.15, -0.1) is 13.2 Å². The molecule has 0 saturated carbocycles. The number of ketones is 1. The summed E-state index contributed by atoms with van der Waals surface area (Å²) in [6.45, 7) is 0. The van der Waals surface area contributed by atoms with E-state index in [4.69, 9.17) is 16.3 Å². The van der Waals surface area contributed by atoms with Crippen molar-refractivity contribution in [2.75, 3.05) is 12.0 Å². The van der Waals surface area contributed by atoms with Gasteiger partial charge in [0.1, 0.15) is 17.3 Å². The summed E-state index contributed by atoms with van der Waals surface area (Å²) >= 11 is 6.17. The molecule has 1 atom stereocenters. The Morgan fingerprint density at radius 3 is 2.34 bits per heavy atom. The van der Waals surface area contributed by atoms with Crippen molar-refractivity contribution < 1.29 is 37.3 Å². The van der Waals surface area contributed by atoms with Crippen molar-refractivity contribution in [3.05, 3.63) is 94.5 Å². The van der Waals surface area contributed by atoms with Gasteiger partial charge in [0.2, 0.25) is 0 Å². The summed E-state index contributed by atoms with van der Waals surface area (Å²) in [6, 6.07) is 16.2. The summed E-state index contributed by atoms with van der Waals surface area (Å²) in [5.41, 5.74) is 0.345. The highest BCUT2D eigenvalue weighted by molar-refractivity contribution is 6.51. The Labute approximate surface area is 202 Å². The van der Waals surface area contributed by atoms with Gasteiger partial charge in [-0.1, -0.05) is 48.0 Å². The number of aliphatic hydroxyl groups is 1. The molecule has 4 rings (SSSR count). The minimum absolute atomic E-state index is 0.0190. The van der Waals surface area contributed by atoms with Crippen molar-refractivity contribution in [3.8, 4) is 11.5 Å². The Morgan fingerprint density at radius 1 is 1.00 bits per heavy atom. The average Bonchev–Trinajstić information content (AvgIpc) is 3.08. The second kappa shape index (κ2) is 9.34. The molecule has 0 aliphatic carbocycles. The molecule has 3 aromatic rings. The van der Waals surface area contributed by atoms with Crippen LogP contribution in [0.25, 0.3) is 5.76 Å². The Bertz CT molecular complexity index is 1320. The zero-order chi connectivity index (χ0) is 25.3. The molecule has 0 spiro atoms. The summed E-state index contributed by atoms with van der Waals surface area (Å²) in [5.74, 6) is -2.75. The van der Waals surface area contributed by atoms with E-state index in [2.05, 4.69) is 4.74 Å². The normalized spacial score (nSPS) is 17.5. The first kappa shape index (κ1) is 24.2. The van der Waals surface area contributed by atoms with Crippen molar-refractivity contribution in [2.24, 2.45) is 0 Å². The molecule has 0 bridgehead atoms. The standard InChI is InChI=1S/C25H17ClF3NO5/c1-34-19-11-10-15(12-18(19)26)22(31)20-21(14-6-3-2-4-7-14)30(24(33)23(20)32)16-8-5-9-17(13-16)35-25(27,28)29/h2-13,21,31H,1H3/b22-20+. The molecule has 1 aliphatic heterocycles. The van der Waals surface area contributed by atoms with E-state index in [1.54, 1.807) is 30.3 Å². The number of carbonyl (C=O) groups excluding carboxylic acids is 2. The smallest absolute Gasteiger partial charge is 0.507 e. The molecule has 1 fully saturated rings. The molecule has 1 N–H and O–H groups in total. The molecular formula is C25H17ClF3NO5. The molecule has 1 amide bonds. The highest BCUT2D eigenvalue weighted by atomic mass is 35.5. The van der Waals surface area contributed by atoms with Gasteiger partial charge >= 0.3 is 6.36 Å². The topological polar surface area (TPSA) is 76.1 Å². The molecular weight excluding hydrogens is 487 g/mol.